The minimum atomic E-state index is 0. The highest BCUT2D eigenvalue weighted by Gasteiger charge is 2.07. The summed E-state index contributed by atoms with van der Waals surface area (Å²) in [4.78, 5) is 4.58. The van der Waals surface area contributed by atoms with Crippen molar-refractivity contribution in [1.29, 1.82) is 0 Å². The first-order chi connectivity index (χ1) is 8.65. The van der Waals surface area contributed by atoms with E-state index in [1.807, 2.05) is 18.2 Å². The molecule has 0 aliphatic rings. The third-order valence-electron chi connectivity index (χ3n) is 2.88. The van der Waals surface area contributed by atoms with Crippen molar-refractivity contribution < 1.29 is 0 Å². The van der Waals surface area contributed by atoms with E-state index in [1.54, 1.807) is 0 Å². The number of rotatable bonds is 8. The molecule has 0 aliphatic carbocycles. The van der Waals surface area contributed by atoms with E-state index in [-0.39, 0.29) is 74.1 Å². The zero-order chi connectivity index (χ0) is 13.4. The standard InChI is InChI=1S/C13H25N5.5ClH/c14-6-4-10(16)8-12-2-1-3-13(18-12)9-11(17)5-7-15;;;;;/h1-3,10-11H,4-9,14-17H2;5*1H. The highest BCUT2D eigenvalue weighted by atomic mass is 35.5. The van der Waals surface area contributed by atoms with Crippen molar-refractivity contribution >= 4 is 62.0 Å². The summed E-state index contributed by atoms with van der Waals surface area (Å²) in [6, 6.07) is 6.15. The second-order valence-electron chi connectivity index (χ2n) is 4.70. The molecule has 1 aromatic rings. The molecule has 1 aromatic heterocycles. The molecule has 2 unspecified atom stereocenters. The Balaban J connectivity index is -0.000000216. The normalized spacial score (nSPS) is 11.3. The highest BCUT2D eigenvalue weighted by Crippen LogP contribution is 2.06. The van der Waals surface area contributed by atoms with Crippen LogP contribution in [0.1, 0.15) is 24.2 Å². The first-order valence-electron chi connectivity index (χ1n) is 6.51. The second-order valence-corrected chi connectivity index (χ2v) is 4.70. The second kappa shape index (κ2) is 20.5. The van der Waals surface area contributed by atoms with Crippen LogP contribution in [-0.4, -0.2) is 30.2 Å². The maximum Gasteiger partial charge on any atom is 0.0422 e. The van der Waals surface area contributed by atoms with Crippen LogP contribution in [-0.2, 0) is 12.8 Å². The third kappa shape index (κ3) is 15.7. The molecule has 10 heteroatoms. The van der Waals surface area contributed by atoms with Gasteiger partial charge < -0.3 is 22.9 Å². The van der Waals surface area contributed by atoms with E-state index in [9.17, 15) is 0 Å². The number of nitrogens with two attached hydrogens (primary N) is 4. The number of nitrogens with zero attached hydrogens (tertiary/aromatic N) is 1. The van der Waals surface area contributed by atoms with Crippen molar-refractivity contribution in [2.75, 3.05) is 13.1 Å². The van der Waals surface area contributed by atoms with Gasteiger partial charge in [0.25, 0.3) is 0 Å². The first-order valence-corrected chi connectivity index (χ1v) is 6.51. The molecule has 0 saturated carbocycles. The molecule has 1 heterocycles. The smallest absolute Gasteiger partial charge is 0.0422 e. The Bertz CT molecular complexity index is 330. The molecule has 0 spiro atoms. The van der Waals surface area contributed by atoms with Gasteiger partial charge in [-0.15, -0.1) is 62.0 Å². The van der Waals surface area contributed by atoms with Crippen molar-refractivity contribution in [3.8, 4) is 0 Å². The first kappa shape index (κ1) is 34.7. The Morgan fingerprint density at radius 1 is 0.739 bits per heavy atom. The maximum atomic E-state index is 5.95. The number of hydrogen-bond donors (Lipinski definition) is 4. The van der Waals surface area contributed by atoms with Crippen LogP contribution in [0.5, 0.6) is 0 Å². The highest BCUT2D eigenvalue weighted by molar-refractivity contribution is 5.86. The van der Waals surface area contributed by atoms with Gasteiger partial charge in [0.2, 0.25) is 0 Å². The Morgan fingerprint density at radius 2 is 1.09 bits per heavy atom. The van der Waals surface area contributed by atoms with Crippen LogP contribution in [0.3, 0.4) is 0 Å². The van der Waals surface area contributed by atoms with Gasteiger partial charge in [-0.05, 0) is 38.1 Å². The molecule has 0 bridgehead atoms. The lowest BCUT2D eigenvalue weighted by atomic mass is 10.1. The molecule has 0 radical (unpaired) electrons. The number of aromatic nitrogens is 1. The SMILES string of the molecule is Cl.Cl.Cl.Cl.Cl.NCCC(N)Cc1cccc(CC(N)CCN)n1. The van der Waals surface area contributed by atoms with E-state index < -0.39 is 0 Å². The molecule has 0 aromatic carbocycles. The number of hydrogen-bond acceptors (Lipinski definition) is 5. The van der Waals surface area contributed by atoms with Crippen LogP contribution in [0.15, 0.2) is 18.2 Å². The summed E-state index contributed by atoms with van der Waals surface area (Å²) < 4.78 is 0. The van der Waals surface area contributed by atoms with E-state index in [0.29, 0.717) is 13.1 Å². The molecule has 0 saturated heterocycles. The maximum absolute atomic E-state index is 5.95. The molecule has 1 rings (SSSR count). The Kier molecular flexibility index (Phi) is 30.9. The molecule has 142 valence electrons. The summed E-state index contributed by atoms with van der Waals surface area (Å²) in [7, 11) is 0. The van der Waals surface area contributed by atoms with Gasteiger partial charge in [-0.1, -0.05) is 6.07 Å². The zero-order valence-electron chi connectivity index (χ0n) is 12.9. The lowest BCUT2D eigenvalue weighted by Crippen LogP contribution is -2.28. The fourth-order valence-corrected chi connectivity index (χ4v) is 1.93. The lowest BCUT2D eigenvalue weighted by molar-refractivity contribution is 0.596. The molecule has 0 aliphatic heterocycles. The van der Waals surface area contributed by atoms with Gasteiger partial charge in [-0.2, -0.15) is 0 Å². The fraction of sp³-hybridized carbons (Fsp3) is 0.615. The van der Waals surface area contributed by atoms with Crippen LogP contribution in [0, 0.1) is 0 Å². The van der Waals surface area contributed by atoms with Gasteiger partial charge >= 0.3 is 0 Å². The minimum Gasteiger partial charge on any atom is -0.330 e. The summed E-state index contributed by atoms with van der Waals surface area (Å²) >= 11 is 0. The average molecular weight is 434 g/mol. The van der Waals surface area contributed by atoms with E-state index in [1.165, 1.54) is 0 Å². The number of pyridine rings is 1. The van der Waals surface area contributed by atoms with Crippen LogP contribution < -0.4 is 22.9 Å². The van der Waals surface area contributed by atoms with Crippen molar-refractivity contribution in [3.05, 3.63) is 29.6 Å². The minimum absolute atomic E-state index is 0. The van der Waals surface area contributed by atoms with Crippen molar-refractivity contribution in [3.63, 3.8) is 0 Å². The molecular formula is C13H30Cl5N5. The van der Waals surface area contributed by atoms with Crippen LogP contribution in [0.4, 0.5) is 0 Å². The van der Waals surface area contributed by atoms with Crippen LogP contribution in [0.2, 0.25) is 0 Å². The van der Waals surface area contributed by atoms with Crippen molar-refractivity contribution in [1.82, 2.24) is 4.98 Å². The van der Waals surface area contributed by atoms with E-state index >= 15 is 0 Å². The van der Waals surface area contributed by atoms with Gasteiger partial charge in [0, 0.05) is 36.3 Å². The largest absolute Gasteiger partial charge is 0.330 e. The van der Waals surface area contributed by atoms with E-state index in [0.717, 1.165) is 37.1 Å². The van der Waals surface area contributed by atoms with E-state index in [2.05, 4.69) is 4.98 Å². The van der Waals surface area contributed by atoms with Gasteiger partial charge in [0.05, 0.1) is 0 Å². The summed E-state index contributed by atoms with van der Waals surface area (Å²) in [6.07, 6.45) is 3.16. The molecule has 0 fully saturated rings. The van der Waals surface area contributed by atoms with Crippen molar-refractivity contribution in [2.24, 2.45) is 22.9 Å². The predicted octanol–water partition coefficient (Wildman–Crippen LogP) is 1.63. The molecule has 23 heavy (non-hydrogen) atoms. The molecule has 5 nitrogen and oxygen atoms in total. The van der Waals surface area contributed by atoms with Gasteiger partial charge in [0.15, 0.2) is 0 Å². The summed E-state index contributed by atoms with van der Waals surface area (Å²) in [5.41, 5.74) is 24.9. The summed E-state index contributed by atoms with van der Waals surface area (Å²) in [6.45, 7) is 1.23. The average Bonchev–Trinajstić information content (AvgIpc) is 2.29. The van der Waals surface area contributed by atoms with Crippen LogP contribution >= 0.6 is 62.0 Å². The summed E-state index contributed by atoms with van der Waals surface area (Å²) in [5.74, 6) is 0. The van der Waals surface area contributed by atoms with Crippen LogP contribution in [0.25, 0.3) is 0 Å². The van der Waals surface area contributed by atoms with Gasteiger partial charge in [-0.25, -0.2) is 0 Å². The zero-order valence-corrected chi connectivity index (χ0v) is 17.0. The Hall–Kier alpha value is 0.440. The topological polar surface area (TPSA) is 117 Å². The molecular weight excluding hydrogens is 403 g/mol. The Morgan fingerprint density at radius 3 is 1.39 bits per heavy atom. The molecule has 0 amide bonds. The van der Waals surface area contributed by atoms with Gasteiger partial charge in [0.1, 0.15) is 0 Å². The number of halogens is 5. The fourth-order valence-electron chi connectivity index (χ4n) is 1.93. The predicted molar refractivity (Wildman–Crippen MR) is 111 cm³/mol. The lowest BCUT2D eigenvalue weighted by Gasteiger charge is -2.12. The Labute approximate surface area is 170 Å². The third-order valence-corrected chi connectivity index (χ3v) is 2.88. The molecule has 8 N–H and O–H groups in total. The molecule has 2 atom stereocenters. The van der Waals surface area contributed by atoms with E-state index in [4.69, 9.17) is 22.9 Å². The quantitative estimate of drug-likeness (QED) is 0.497. The van der Waals surface area contributed by atoms with Crippen molar-refractivity contribution in [2.45, 2.75) is 37.8 Å². The van der Waals surface area contributed by atoms with Gasteiger partial charge in [-0.3, -0.25) is 4.98 Å². The summed E-state index contributed by atoms with van der Waals surface area (Å²) in [5, 5.41) is 0. The monoisotopic (exact) mass is 431 g/mol.